The Morgan fingerprint density at radius 2 is 2.00 bits per heavy atom. The van der Waals surface area contributed by atoms with Gasteiger partial charge in [-0.05, 0) is 43.2 Å². The highest BCUT2D eigenvalue weighted by molar-refractivity contribution is 5.55. The van der Waals surface area contributed by atoms with E-state index in [2.05, 4.69) is 24.0 Å². The minimum absolute atomic E-state index is 0.120. The zero-order valence-corrected chi connectivity index (χ0v) is 12.3. The topological polar surface area (TPSA) is 59.2 Å². The van der Waals surface area contributed by atoms with Gasteiger partial charge in [0.15, 0.2) is 5.82 Å². The molecule has 1 N–H and O–H groups in total. The molecule has 21 heavy (non-hydrogen) atoms. The van der Waals surface area contributed by atoms with Gasteiger partial charge in [-0.1, -0.05) is 19.0 Å². The van der Waals surface area contributed by atoms with E-state index in [4.69, 9.17) is 4.52 Å². The van der Waals surface area contributed by atoms with Crippen LogP contribution in [0, 0.1) is 11.2 Å². The number of hydrogen-bond acceptors (Lipinski definition) is 4. The highest BCUT2D eigenvalue weighted by Gasteiger charge is 2.30. The van der Waals surface area contributed by atoms with Gasteiger partial charge in [0.2, 0.25) is 0 Å². The van der Waals surface area contributed by atoms with E-state index < -0.39 is 5.82 Å². The second kappa shape index (κ2) is 5.13. The van der Waals surface area contributed by atoms with Crippen LogP contribution < -0.4 is 0 Å². The third kappa shape index (κ3) is 2.91. The van der Waals surface area contributed by atoms with E-state index in [0.29, 0.717) is 11.2 Å². The Bertz CT molecular complexity index is 641. The zero-order valence-electron chi connectivity index (χ0n) is 12.3. The molecule has 0 spiro atoms. The van der Waals surface area contributed by atoms with Crippen LogP contribution in [0.3, 0.4) is 0 Å². The number of aromatic nitrogens is 2. The van der Waals surface area contributed by atoms with Crippen molar-refractivity contribution in [2.45, 2.75) is 45.4 Å². The third-order valence-electron chi connectivity index (χ3n) is 4.33. The maximum absolute atomic E-state index is 13.8. The Morgan fingerprint density at radius 1 is 1.29 bits per heavy atom. The van der Waals surface area contributed by atoms with Gasteiger partial charge in [0.05, 0.1) is 5.56 Å². The molecule has 1 aliphatic carbocycles. The number of rotatable bonds is 2. The van der Waals surface area contributed by atoms with E-state index in [0.717, 1.165) is 31.7 Å². The number of nitrogens with zero attached hydrogens (tertiary/aromatic N) is 2. The number of hydrogen-bond donors (Lipinski definition) is 1. The summed E-state index contributed by atoms with van der Waals surface area (Å²) in [4.78, 5) is 4.34. The summed E-state index contributed by atoms with van der Waals surface area (Å²) in [5, 5.41) is 13.2. The van der Waals surface area contributed by atoms with E-state index >= 15 is 0 Å². The van der Waals surface area contributed by atoms with Gasteiger partial charge in [-0.3, -0.25) is 0 Å². The number of benzene rings is 1. The molecule has 1 heterocycles. The summed E-state index contributed by atoms with van der Waals surface area (Å²) in [5.41, 5.74) is 0.606. The van der Waals surface area contributed by atoms with Crippen LogP contribution in [0.15, 0.2) is 22.7 Å². The van der Waals surface area contributed by atoms with Crippen LogP contribution in [-0.4, -0.2) is 15.2 Å². The van der Waals surface area contributed by atoms with Gasteiger partial charge in [0.25, 0.3) is 5.89 Å². The first-order chi connectivity index (χ1) is 9.94. The van der Waals surface area contributed by atoms with Crippen molar-refractivity contribution in [3.63, 3.8) is 0 Å². The maximum Gasteiger partial charge on any atom is 0.260 e. The van der Waals surface area contributed by atoms with Gasteiger partial charge in [-0.2, -0.15) is 4.98 Å². The smallest absolute Gasteiger partial charge is 0.260 e. The summed E-state index contributed by atoms with van der Waals surface area (Å²) in [6.07, 6.45) is 4.33. The molecule has 4 nitrogen and oxygen atoms in total. The molecule has 2 aromatic rings. The summed E-state index contributed by atoms with van der Waals surface area (Å²) in [7, 11) is 0. The second-order valence-corrected chi connectivity index (χ2v) is 6.56. The molecular weight excluding hydrogens is 271 g/mol. The van der Waals surface area contributed by atoms with Crippen molar-refractivity contribution in [2.24, 2.45) is 5.41 Å². The van der Waals surface area contributed by atoms with E-state index in [1.54, 1.807) is 0 Å². The lowest BCUT2D eigenvalue weighted by Crippen LogP contribution is -2.20. The van der Waals surface area contributed by atoms with Crippen LogP contribution in [0.2, 0.25) is 0 Å². The average molecular weight is 290 g/mol. The maximum atomic E-state index is 13.8. The Balaban J connectivity index is 1.81. The number of aromatic hydroxyl groups is 1. The zero-order chi connectivity index (χ0) is 15.0. The highest BCUT2D eigenvalue weighted by atomic mass is 19.1. The van der Waals surface area contributed by atoms with Gasteiger partial charge >= 0.3 is 0 Å². The molecule has 0 radical (unpaired) electrons. The first kappa shape index (κ1) is 14.0. The van der Waals surface area contributed by atoms with Crippen molar-refractivity contribution in [3.05, 3.63) is 29.8 Å². The molecule has 0 bridgehead atoms. The van der Waals surface area contributed by atoms with E-state index in [9.17, 15) is 9.50 Å². The molecule has 0 unspecified atom stereocenters. The average Bonchev–Trinajstić information content (AvgIpc) is 2.88. The molecule has 1 aromatic carbocycles. The Labute approximate surface area is 123 Å². The summed E-state index contributed by atoms with van der Waals surface area (Å²) in [6, 6.07) is 3.90. The van der Waals surface area contributed by atoms with Crippen molar-refractivity contribution in [2.75, 3.05) is 0 Å². The van der Waals surface area contributed by atoms with Crippen LogP contribution in [0.1, 0.15) is 51.3 Å². The second-order valence-electron chi connectivity index (χ2n) is 6.56. The van der Waals surface area contributed by atoms with Gasteiger partial charge < -0.3 is 9.63 Å². The fraction of sp³-hybridized carbons (Fsp3) is 0.500. The SMILES string of the molecule is CC1(C)CCC(c2noc(-c3ccc(O)cc3F)n2)CC1. The Hall–Kier alpha value is -1.91. The molecule has 1 fully saturated rings. The van der Waals surface area contributed by atoms with Crippen LogP contribution in [-0.2, 0) is 0 Å². The standard InChI is InChI=1S/C16H19FN2O2/c1-16(2)7-5-10(6-8-16)14-18-15(21-19-14)12-4-3-11(20)9-13(12)17/h3-4,9-10,20H,5-8H2,1-2H3. The Kier molecular flexibility index (Phi) is 3.43. The summed E-state index contributed by atoms with van der Waals surface area (Å²) >= 11 is 0. The lowest BCUT2D eigenvalue weighted by atomic mass is 9.73. The number of phenols is 1. The van der Waals surface area contributed by atoms with E-state index in [1.165, 1.54) is 12.1 Å². The predicted octanol–water partition coefficient (Wildman–Crippen LogP) is 4.27. The van der Waals surface area contributed by atoms with E-state index in [1.807, 2.05) is 0 Å². The van der Waals surface area contributed by atoms with Crippen LogP contribution in [0.25, 0.3) is 11.5 Å². The fourth-order valence-electron chi connectivity index (χ4n) is 2.85. The van der Waals surface area contributed by atoms with Crippen molar-refractivity contribution in [1.82, 2.24) is 10.1 Å². The molecular formula is C16H19FN2O2. The lowest BCUT2D eigenvalue weighted by Gasteiger charge is -2.32. The molecule has 1 aliphatic rings. The van der Waals surface area contributed by atoms with Crippen molar-refractivity contribution in [1.29, 1.82) is 0 Å². The van der Waals surface area contributed by atoms with E-state index in [-0.39, 0.29) is 23.1 Å². The van der Waals surface area contributed by atoms with Crippen molar-refractivity contribution in [3.8, 4) is 17.2 Å². The van der Waals surface area contributed by atoms with Crippen molar-refractivity contribution >= 4 is 0 Å². The molecule has 3 rings (SSSR count). The van der Waals surface area contributed by atoms with Gasteiger partial charge in [-0.15, -0.1) is 0 Å². The van der Waals surface area contributed by atoms with Gasteiger partial charge in [0, 0.05) is 12.0 Å². The minimum atomic E-state index is -0.560. The minimum Gasteiger partial charge on any atom is -0.508 e. The normalized spacial score (nSPS) is 18.8. The van der Waals surface area contributed by atoms with Gasteiger partial charge in [-0.25, -0.2) is 4.39 Å². The first-order valence-electron chi connectivity index (χ1n) is 7.27. The summed E-state index contributed by atoms with van der Waals surface area (Å²) in [6.45, 7) is 4.55. The molecule has 1 saturated carbocycles. The molecule has 0 saturated heterocycles. The highest BCUT2D eigenvalue weighted by Crippen LogP contribution is 2.41. The molecule has 0 atom stereocenters. The molecule has 1 aromatic heterocycles. The van der Waals surface area contributed by atoms with Crippen LogP contribution >= 0.6 is 0 Å². The molecule has 112 valence electrons. The quantitative estimate of drug-likeness (QED) is 0.897. The van der Waals surface area contributed by atoms with Crippen LogP contribution in [0.4, 0.5) is 4.39 Å². The summed E-state index contributed by atoms with van der Waals surface area (Å²) in [5.74, 6) is 0.441. The fourth-order valence-corrected chi connectivity index (χ4v) is 2.85. The lowest BCUT2D eigenvalue weighted by molar-refractivity contribution is 0.218. The largest absolute Gasteiger partial charge is 0.508 e. The monoisotopic (exact) mass is 290 g/mol. The predicted molar refractivity (Wildman–Crippen MR) is 76.3 cm³/mol. The van der Waals surface area contributed by atoms with Crippen molar-refractivity contribution < 1.29 is 14.0 Å². The van der Waals surface area contributed by atoms with Gasteiger partial charge in [0.1, 0.15) is 11.6 Å². The number of phenolic OH excluding ortho intramolecular Hbond substituents is 1. The first-order valence-corrected chi connectivity index (χ1v) is 7.27. The molecule has 0 amide bonds. The van der Waals surface area contributed by atoms with Crippen LogP contribution in [0.5, 0.6) is 5.75 Å². The Morgan fingerprint density at radius 3 is 2.67 bits per heavy atom. The molecule has 5 heteroatoms. The number of halogens is 1. The molecule has 0 aliphatic heterocycles. The third-order valence-corrected chi connectivity index (χ3v) is 4.33. The summed E-state index contributed by atoms with van der Waals surface area (Å²) < 4.78 is 19.0.